The first-order chi connectivity index (χ1) is 15.8. The van der Waals surface area contributed by atoms with Crippen LogP contribution in [0.3, 0.4) is 0 Å². The number of ether oxygens (including phenoxy) is 1. The zero-order valence-electron chi connectivity index (χ0n) is 17.9. The minimum Gasteiger partial charge on any atom is -0.487 e. The van der Waals surface area contributed by atoms with Gasteiger partial charge in [-0.05, 0) is 61.4 Å². The van der Waals surface area contributed by atoms with Crippen LogP contribution in [-0.4, -0.2) is 38.9 Å². The highest BCUT2D eigenvalue weighted by Gasteiger charge is 2.07. The predicted octanol–water partition coefficient (Wildman–Crippen LogP) is 4.27. The van der Waals surface area contributed by atoms with Crippen LogP contribution in [0.5, 0.6) is 5.75 Å². The highest BCUT2D eigenvalue weighted by Crippen LogP contribution is 2.26. The van der Waals surface area contributed by atoms with E-state index in [2.05, 4.69) is 20.5 Å². The first-order valence-corrected chi connectivity index (χ1v) is 11.2. The van der Waals surface area contributed by atoms with Crippen LogP contribution in [0.1, 0.15) is 32.9 Å². The van der Waals surface area contributed by atoms with E-state index in [1.54, 1.807) is 36.4 Å². The van der Waals surface area contributed by atoms with E-state index in [1.807, 2.05) is 19.9 Å². The molecule has 0 spiro atoms. The number of nitrogens with zero attached hydrogens (tertiary/aromatic N) is 3. The van der Waals surface area contributed by atoms with Gasteiger partial charge in [-0.2, -0.15) is 5.10 Å². The summed E-state index contributed by atoms with van der Waals surface area (Å²) >= 11 is 7.51. The number of halogens is 1. The molecule has 0 aliphatic heterocycles. The molecule has 2 aromatic carbocycles. The Hall–Kier alpha value is -3.43. The first kappa shape index (κ1) is 24.2. The topological polar surface area (TPSA) is 114 Å². The number of aromatic carboxylic acids is 1. The van der Waals surface area contributed by atoms with Gasteiger partial charge in [0.05, 0.1) is 22.6 Å². The fourth-order valence-corrected chi connectivity index (χ4v) is 3.75. The van der Waals surface area contributed by atoms with Crippen molar-refractivity contribution in [2.24, 2.45) is 5.10 Å². The van der Waals surface area contributed by atoms with Crippen molar-refractivity contribution < 1.29 is 19.4 Å². The average Bonchev–Trinajstić information content (AvgIpc) is 2.77. The number of aryl methyl sites for hydroxylation is 2. The van der Waals surface area contributed by atoms with E-state index in [4.69, 9.17) is 21.4 Å². The van der Waals surface area contributed by atoms with E-state index < -0.39 is 5.97 Å². The summed E-state index contributed by atoms with van der Waals surface area (Å²) in [7, 11) is 0. The third-order valence-electron chi connectivity index (χ3n) is 4.22. The second-order valence-corrected chi connectivity index (χ2v) is 8.35. The summed E-state index contributed by atoms with van der Waals surface area (Å²) < 4.78 is 5.69. The molecule has 0 aliphatic rings. The molecular formula is C23H21ClN4O4S. The number of thioether (sulfide) groups is 1. The number of carbonyl (C=O) groups excluding carboxylic acids is 1. The molecule has 0 bridgehead atoms. The molecule has 0 radical (unpaired) electrons. The van der Waals surface area contributed by atoms with Gasteiger partial charge >= 0.3 is 5.97 Å². The molecule has 0 atom stereocenters. The number of nitrogens with one attached hydrogen (secondary N) is 1. The van der Waals surface area contributed by atoms with Gasteiger partial charge in [0.1, 0.15) is 12.4 Å². The summed E-state index contributed by atoms with van der Waals surface area (Å²) in [6.07, 6.45) is 1.47. The number of carbonyl (C=O) groups is 2. The Bertz CT molecular complexity index is 1180. The van der Waals surface area contributed by atoms with Crippen LogP contribution in [0.25, 0.3) is 0 Å². The van der Waals surface area contributed by atoms with E-state index in [0.29, 0.717) is 27.1 Å². The standard InChI is InChI=1S/C23H21ClN4O4S/c1-14-8-15(2)27-23(26-14)33-13-21(29)28-25-11-16-6-7-20(19(24)10-16)32-12-17-4-3-5-18(9-17)22(30)31/h3-11H,12-13H2,1-2H3,(H,28,29)(H,30,31)/b25-11-. The molecule has 0 fully saturated rings. The van der Waals surface area contributed by atoms with Crippen LogP contribution in [0, 0.1) is 13.8 Å². The van der Waals surface area contributed by atoms with Crippen LogP contribution in [0.4, 0.5) is 0 Å². The Morgan fingerprint density at radius 2 is 1.91 bits per heavy atom. The van der Waals surface area contributed by atoms with Crippen LogP contribution < -0.4 is 10.2 Å². The lowest BCUT2D eigenvalue weighted by atomic mass is 10.1. The molecule has 10 heteroatoms. The van der Waals surface area contributed by atoms with Gasteiger partial charge in [0.2, 0.25) is 0 Å². The lowest BCUT2D eigenvalue weighted by molar-refractivity contribution is -0.118. The van der Waals surface area contributed by atoms with Crippen LogP contribution in [0.2, 0.25) is 5.02 Å². The normalized spacial score (nSPS) is 10.9. The number of hydrogen-bond acceptors (Lipinski definition) is 7. The Morgan fingerprint density at radius 3 is 2.61 bits per heavy atom. The zero-order chi connectivity index (χ0) is 23.8. The van der Waals surface area contributed by atoms with Crippen LogP contribution >= 0.6 is 23.4 Å². The van der Waals surface area contributed by atoms with Crippen molar-refractivity contribution in [3.63, 3.8) is 0 Å². The van der Waals surface area contributed by atoms with Crippen LogP contribution in [0.15, 0.2) is 58.8 Å². The molecule has 1 aromatic heterocycles. The predicted molar refractivity (Wildman–Crippen MR) is 127 cm³/mol. The molecule has 0 saturated heterocycles. The largest absolute Gasteiger partial charge is 0.487 e. The number of hydrogen-bond donors (Lipinski definition) is 2. The summed E-state index contributed by atoms with van der Waals surface area (Å²) in [6, 6.07) is 13.4. The second kappa shape index (κ2) is 11.4. The minimum absolute atomic E-state index is 0.136. The third kappa shape index (κ3) is 7.58. The number of carboxylic acid groups (broad SMARTS) is 1. The summed E-state index contributed by atoms with van der Waals surface area (Å²) in [6.45, 7) is 3.93. The Labute approximate surface area is 200 Å². The zero-order valence-corrected chi connectivity index (χ0v) is 19.5. The fraction of sp³-hybridized carbons (Fsp3) is 0.174. The SMILES string of the molecule is Cc1cc(C)nc(SCC(=O)N/N=C\c2ccc(OCc3cccc(C(=O)O)c3)c(Cl)c2)n1. The Morgan fingerprint density at radius 1 is 1.15 bits per heavy atom. The van der Waals surface area contributed by atoms with Crippen molar-refractivity contribution in [3.05, 3.63) is 81.6 Å². The van der Waals surface area contributed by atoms with Gasteiger partial charge in [-0.15, -0.1) is 0 Å². The van der Waals surface area contributed by atoms with Crippen molar-refractivity contribution in [1.29, 1.82) is 0 Å². The van der Waals surface area contributed by atoms with Gasteiger partial charge in [0, 0.05) is 11.4 Å². The van der Waals surface area contributed by atoms with Gasteiger partial charge in [-0.3, -0.25) is 4.79 Å². The molecular weight excluding hydrogens is 464 g/mol. The maximum Gasteiger partial charge on any atom is 0.335 e. The lowest BCUT2D eigenvalue weighted by Gasteiger charge is -2.09. The maximum atomic E-state index is 12.0. The molecule has 0 aliphatic carbocycles. The van der Waals surface area contributed by atoms with Gasteiger partial charge in [-0.1, -0.05) is 35.5 Å². The van der Waals surface area contributed by atoms with E-state index in [9.17, 15) is 9.59 Å². The first-order valence-electron chi connectivity index (χ1n) is 9.82. The van der Waals surface area contributed by atoms with Crippen molar-refractivity contribution in [2.75, 3.05) is 5.75 Å². The second-order valence-electron chi connectivity index (χ2n) is 7.00. The monoisotopic (exact) mass is 484 g/mol. The number of hydrazone groups is 1. The van der Waals surface area contributed by atoms with Gasteiger partial charge in [0.15, 0.2) is 5.16 Å². The molecule has 0 unspecified atom stereocenters. The number of aromatic nitrogens is 2. The highest BCUT2D eigenvalue weighted by molar-refractivity contribution is 7.99. The summed E-state index contributed by atoms with van der Waals surface area (Å²) in [5.74, 6) is -0.698. The van der Waals surface area contributed by atoms with E-state index in [-0.39, 0.29) is 23.8 Å². The number of rotatable bonds is 9. The fourth-order valence-electron chi connectivity index (χ4n) is 2.77. The minimum atomic E-state index is -0.997. The Kier molecular flexibility index (Phi) is 8.39. The van der Waals surface area contributed by atoms with Gasteiger partial charge < -0.3 is 9.84 Å². The van der Waals surface area contributed by atoms with Gasteiger partial charge in [-0.25, -0.2) is 20.2 Å². The quantitative estimate of drug-likeness (QED) is 0.202. The molecule has 33 heavy (non-hydrogen) atoms. The summed E-state index contributed by atoms with van der Waals surface area (Å²) in [4.78, 5) is 31.6. The molecule has 2 N–H and O–H groups in total. The highest BCUT2D eigenvalue weighted by atomic mass is 35.5. The molecule has 1 amide bonds. The molecule has 0 saturated carbocycles. The third-order valence-corrected chi connectivity index (χ3v) is 5.36. The molecule has 3 aromatic rings. The smallest absolute Gasteiger partial charge is 0.335 e. The maximum absolute atomic E-state index is 12.0. The van der Waals surface area contributed by atoms with E-state index >= 15 is 0 Å². The summed E-state index contributed by atoms with van der Waals surface area (Å²) in [5.41, 5.74) is 5.73. The van der Waals surface area contributed by atoms with Crippen molar-refractivity contribution in [3.8, 4) is 5.75 Å². The van der Waals surface area contributed by atoms with Crippen LogP contribution in [-0.2, 0) is 11.4 Å². The number of benzene rings is 2. The molecule has 3 rings (SSSR count). The van der Waals surface area contributed by atoms with E-state index in [0.717, 1.165) is 11.4 Å². The van der Waals surface area contributed by atoms with E-state index in [1.165, 1.54) is 24.0 Å². The summed E-state index contributed by atoms with van der Waals surface area (Å²) in [5, 5.41) is 13.9. The Balaban J connectivity index is 1.50. The van der Waals surface area contributed by atoms with Crippen molar-refractivity contribution >= 4 is 41.5 Å². The number of amides is 1. The van der Waals surface area contributed by atoms with Crippen molar-refractivity contribution in [2.45, 2.75) is 25.6 Å². The molecule has 170 valence electrons. The average molecular weight is 485 g/mol. The molecule has 1 heterocycles. The number of carboxylic acids is 1. The van der Waals surface area contributed by atoms with Gasteiger partial charge in [0.25, 0.3) is 5.91 Å². The lowest BCUT2D eigenvalue weighted by Crippen LogP contribution is -2.19. The van der Waals surface area contributed by atoms with Crippen molar-refractivity contribution in [1.82, 2.24) is 15.4 Å². The molecule has 8 nitrogen and oxygen atoms in total.